The van der Waals surface area contributed by atoms with E-state index in [1.54, 1.807) is 11.0 Å². The van der Waals surface area contributed by atoms with Crippen molar-refractivity contribution in [3.8, 4) is 11.4 Å². The highest BCUT2D eigenvalue weighted by Gasteiger charge is 2.36. The zero-order chi connectivity index (χ0) is 25.3. The number of aromatic nitrogens is 4. The van der Waals surface area contributed by atoms with Gasteiger partial charge in [-0.1, -0.05) is 11.6 Å². The predicted molar refractivity (Wildman–Crippen MR) is 133 cm³/mol. The summed E-state index contributed by atoms with van der Waals surface area (Å²) in [5.74, 6) is 2.58. The molecule has 0 N–H and O–H groups in total. The lowest BCUT2D eigenvalue weighted by Crippen LogP contribution is -2.48. The van der Waals surface area contributed by atoms with Crippen LogP contribution in [0.3, 0.4) is 0 Å². The van der Waals surface area contributed by atoms with Crippen LogP contribution in [0.4, 0.5) is 35.3 Å². The lowest BCUT2D eigenvalue weighted by molar-refractivity contribution is -0.137. The Morgan fingerprint density at radius 3 is 2.11 bits per heavy atom. The highest BCUT2D eigenvalue weighted by Crippen LogP contribution is 2.35. The molecular formula is C23H22ClF4N7S. The molecule has 0 aliphatic carbocycles. The molecule has 0 unspecified atom stereocenters. The molecule has 0 atom stereocenters. The molecule has 7 nitrogen and oxygen atoms in total. The summed E-state index contributed by atoms with van der Waals surface area (Å²) in [5, 5.41) is -0.0326. The summed E-state index contributed by atoms with van der Waals surface area (Å²) in [4.78, 5) is 23.6. The number of rotatable bonds is 4. The topological polar surface area (TPSA) is 61.3 Å². The van der Waals surface area contributed by atoms with Crippen molar-refractivity contribution in [1.82, 2.24) is 19.9 Å². The van der Waals surface area contributed by atoms with Crippen molar-refractivity contribution < 1.29 is 17.6 Å². The number of pyridine rings is 1. The van der Waals surface area contributed by atoms with E-state index >= 15 is 0 Å². The molecule has 3 aromatic rings. The third kappa shape index (κ3) is 5.29. The van der Waals surface area contributed by atoms with Crippen LogP contribution >= 0.6 is 23.4 Å². The van der Waals surface area contributed by atoms with Gasteiger partial charge in [0, 0.05) is 62.5 Å². The van der Waals surface area contributed by atoms with E-state index in [1.807, 2.05) is 16.7 Å². The minimum absolute atomic E-state index is 0.0326. The van der Waals surface area contributed by atoms with Crippen LogP contribution in [-0.2, 0) is 6.18 Å². The molecule has 2 fully saturated rings. The predicted octanol–water partition coefficient (Wildman–Crippen LogP) is 4.62. The molecule has 0 radical (unpaired) electrons. The molecule has 0 amide bonds. The van der Waals surface area contributed by atoms with Gasteiger partial charge < -0.3 is 14.7 Å². The molecule has 2 aromatic heterocycles. The number of hydrogen-bond acceptors (Lipinski definition) is 8. The molecule has 2 saturated heterocycles. The number of benzene rings is 1. The highest BCUT2D eigenvalue weighted by molar-refractivity contribution is 7.99. The first kappa shape index (κ1) is 24.8. The fourth-order valence-electron chi connectivity index (χ4n) is 4.15. The fraction of sp³-hybridized carbons (Fsp3) is 0.391. The van der Waals surface area contributed by atoms with E-state index < -0.39 is 17.6 Å². The fourth-order valence-corrected chi connectivity index (χ4v) is 5.24. The normalized spacial score (nSPS) is 17.0. The summed E-state index contributed by atoms with van der Waals surface area (Å²) < 4.78 is 54.2. The summed E-state index contributed by atoms with van der Waals surface area (Å²) >= 11 is 7.86. The molecule has 0 bridgehead atoms. The Morgan fingerprint density at radius 1 is 0.833 bits per heavy atom. The Kier molecular flexibility index (Phi) is 7.07. The van der Waals surface area contributed by atoms with Crippen LogP contribution in [0.2, 0.25) is 5.02 Å². The van der Waals surface area contributed by atoms with E-state index in [9.17, 15) is 17.6 Å². The van der Waals surface area contributed by atoms with Crippen molar-refractivity contribution >= 4 is 41.1 Å². The van der Waals surface area contributed by atoms with E-state index in [-0.39, 0.29) is 10.8 Å². The monoisotopic (exact) mass is 539 g/mol. The zero-order valence-corrected chi connectivity index (χ0v) is 20.6. The van der Waals surface area contributed by atoms with E-state index in [0.29, 0.717) is 49.5 Å². The summed E-state index contributed by atoms with van der Waals surface area (Å²) in [7, 11) is 0. The molecule has 2 aliphatic rings. The molecule has 0 saturated carbocycles. The van der Waals surface area contributed by atoms with E-state index in [2.05, 4.69) is 19.9 Å². The zero-order valence-electron chi connectivity index (χ0n) is 19.0. The van der Waals surface area contributed by atoms with Gasteiger partial charge in [0.1, 0.15) is 11.6 Å². The van der Waals surface area contributed by atoms with Gasteiger partial charge >= 0.3 is 6.18 Å². The minimum atomic E-state index is -4.48. The highest BCUT2D eigenvalue weighted by atomic mass is 35.5. The van der Waals surface area contributed by atoms with Gasteiger partial charge in [0.15, 0.2) is 5.82 Å². The number of alkyl halides is 3. The Balaban J connectivity index is 1.43. The first-order chi connectivity index (χ1) is 17.3. The second-order valence-corrected chi connectivity index (χ2v) is 9.97. The second kappa shape index (κ2) is 10.3. The number of halogens is 5. The Bertz CT molecular complexity index is 1230. The molecule has 190 valence electrons. The van der Waals surface area contributed by atoms with Crippen LogP contribution in [0.5, 0.6) is 0 Å². The Hall–Kier alpha value is -2.86. The summed E-state index contributed by atoms with van der Waals surface area (Å²) in [6.07, 6.45) is -3.12. The van der Waals surface area contributed by atoms with E-state index in [4.69, 9.17) is 16.6 Å². The number of piperazine rings is 1. The average molecular weight is 540 g/mol. The molecule has 1 aromatic carbocycles. The van der Waals surface area contributed by atoms with Crippen LogP contribution in [0.15, 0.2) is 36.5 Å². The van der Waals surface area contributed by atoms with Gasteiger partial charge in [0.2, 0.25) is 11.9 Å². The number of hydrogen-bond donors (Lipinski definition) is 0. The number of thioether (sulfide) groups is 1. The van der Waals surface area contributed by atoms with Crippen molar-refractivity contribution in [1.29, 1.82) is 0 Å². The smallest absolute Gasteiger partial charge is 0.353 e. The molecule has 13 heteroatoms. The number of anilines is 3. The quantitative estimate of drug-likeness (QED) is 0.445. The van der Waals surface area contributed by atoms with Gasteiger partial charge in [-0.25, -0.2) is 9.37 Å². The van der Waals surface area contributed by atoms with Crippen LogP contribution in [-0.4, -0.2) is 70.7 Å². The number of nitrogens with zero attached hydrogens (tertiary/aromatic N) is 7. The maximum atomic E-state index is 13.7. The van der Waals surface area contributed by atoms with Crippen molar-refractivity contribution in [3.63, 3.8) is 0 Å². The Morgan fingerprint density at radius 2 is 1.47 bits per heavy atom. The van der Waals surface area contributed by atoms with Crippen molar-refractivity contribution in [2.45, 2.75) is 6.18 Å². The summed E-state index contributed by atoms with van der Waals surface area (Å²) in [6.45, 7) is 3.00. The van der Waals surface area contributed by atoms with Gasteiger partial charge in [-0.3, -0.25) is 0 Å². The van der Waals surface area contributed by atoms with E-state index in [1.165, 1.54) is 24.4 Å². The van der Waals surface area contributed by atoms with Gasteiger partial charge in [-0.2, -0.15) is 39.9 Å². The third-order valence-electron chi connectivity index (χ3n) is 6.04. The molecule has 36 heavy (non-hydrogen) atoms. The largest absolute Gasteiger partial charge is 0.419 e. The first-order valence-electron chi connectivity index (χ1n) is 11.4. The van der Waals surface area contributed by atoms with Crippen molar-refractivity contribution in [2.75, 3.05) is 65.5 Å². The second-order valence-electron chi connectivity index (χ2n) is 8.33. The third-order valence-corrected chi connectivity index (χ3v) is 7.27. The van der Waals surface area contributed by atoms with Gasteiger partial charge in [0.25, 0.3) is 0 Å². The van der Waals surface area contributed by atoms with Crippen LogP contribution < -0.4 is 14.7 Å². The standard InChI is InChI=1S/C23H22ClF4N7S/c24-17-14-15(3-4-18(17)25)19-30-21(32-22(31-19)35-10-12-36-13-11-35)34-8-6-33(7-9-34)20-16(23(26,27)28)2-1-5-29-20/h1-5,14H,6-13H2. The lowest BCUT2D eigenvalue weighted by Gasteiger charge is -2.36. The van der Waals surface area contributed by atoms with Crippen LogP contribution in [0.1, 0.15) is 5.56 Å². The first-order valence-corrected chi connectivity index (χ1v) is 12.9. The van der Waals surface area contributed by atoms with E-state index in [0.717, 1.165) is 30.7 Å². The molecule has 5 rings (SSSR count). The van der Waals surface area contributed by atoms with Crippen molar-refractivity contribution in [2.24, 2.45) is 0 Å². The van der Waals surface area contributed by atoms with Crippen molar-refractivity contribution in [3.05, 3.63) is 52.9 Å². The van der Waals surface area contributed by atoms with Gasteiger partial charge in [-0.05, 0) is 30.3 Å². The minimum Gasteiger partial charge on any atom is -0.353 e. The summed E-state index contributed by atoms with van der Waals surface area (Å²) in [5.41, 5.74) is -0.195. The van der Waals surface area contributed by atoms with Gasteiger partial charge in [0.05, 0.1) is 10.6 Å². The molecule has 4 heterocycles. The SMILES string of the molecule is Fc1ccc(-c2nc(N3CCSCC3)nc(N3CCN(c4ncccc4C(F)(F)F)CC3)n2)cc1Cl. The van der Waals surface area contributed by atoms with Crippen LogP contribution in [0.25, 0.3) is 11.4 Å². The summed E-state index contributed by atoms with van der Waals surface area (Å²) in [6, 6.07) is 6.64. The molecular weight excluding hydrogens is 518 g/mol. The van der Waals surface area contributed by atoms with Gasteiger partial charge in [-0.15, -0.1) is 0 Å². The maximum absolute atomic E-state index is 13.7. The van der Waals surface area contributed by atoms with Crippen LogP contribution in [0, 0.1) is 5.82 Å². The Labute approximate surface area is 214 Å². The lowest BCUT2D eigenvalue weighted by atomic mass is 10.2. The average Bonchev–Trinajstić information content (AvgIpc) is 2.90. The molecule has 2 aliphatic heterocycles. The maximum Gasteiger partial charge on any atom is 0.419 e. The molecule has 0 spiro atoms.